The van der Waals surface area contributed by atoms with Gasteiger partial charge in [0.2, 0.25) is 0 Å². The minimum absolute atomic E-state index is 0.241. The number of rotatable bonds is 1. The van der Waals surface area contributed by atoms with Gasteiger partial charge in [0.25, 0.3) is 0 Å². The van der Waals surface area contributed by atoms with Crippen molar-refractivity contribution in [2.75, 3.05) is 0 Å². The largest absolute Gasteiger partial charge is 0.490 e. The van der Waals surface area contributed by atoms with E-state index < -0.39 is 12.1 Å². The van der Waals surface area contributed by atoms with Crippen LogP contribution in [-0.2, 0) is 4.79 Å². The van der Waals surface area contributed by atoms with E-state index in [0.717, 1.165) is 6.42 Å². The second kappa shape index (κ2) is 6.29. The highest BCUT2D eigenvalue weighted by Gasteiger charge is 2.38. The molecule has 3 nitrogen and oxygen atoms in total. The molecule has 13 heavy (non-hydrogen) atoms. The molecule has 0 amide bonds. The Morgan fingerprint density at radius 3 is 1.92 bits per heavy atom. The molecular formula is C7H10F3NO2. The van der Waals surface area contributed by atoms with Crippen LogP contribution < -0.4 is 0 Å². The summed E-state index contributed by atoms with van der Waals surface area (Å²) in [7, 11) is 0. The van der Waals surface area contributed by atoms with Crippen molar-refractivity contribution in [1.82, 2.24) is 0 Å². The minimum atomic E-state index is -5.08. The van der Waals surface area contributed by atoms with E-state index in [-0.39, 0.29) is 5.92 Å². The summed E-state index contributed by atoms with van der Waals surface area (Å²) in [5, 5.41) is 15.2. The first-order chi connectivity index (χ1) is 5.75. The molecule has 0 fully saturated rings. The van der Waals surface area contributed by atoms with Gasteiger partial charge >= 0.3 is 12.1 Å². The molecule has 0 spiro atoms. The molecule has 1 N–H and O–H groups in total. The van der Waals surface area contributed by atoms with E-state index >= 15 is 0 Å². The molecule has 1 atom stereocenters. The number of carbonyl (C=O) groups is 1. The first-order valence-corrected chi connectivity index (χ1v) is 3.45. The van der Waals surface area contributed by atoms with Crippen molar-refractivity contribution in [2.45, 2.75) is 26.4 Å². The number of hydrogen-bond acceptors (Lipinski definition) is 2. The predicted molar refractivity (Wildman–Crippen MR) is 38.8 cm³/mol. The van der Waals surface area contributed by atoms with Crippen LogP contribution in [0.2, 0.25) is 0 Å². The van der Waals surface area contributed by atoms with Crippen molar-refractivity contribution in [1.29, 1.82) is 5.26 Å². The zero-order valence-corrected chi connectivity index (χ0v) is 7.22. The van der Waals surface area contributed by atoms with Gasteiger partial charge in [-0.1, -0.05) is 6.92 Å². The molecule has 0 aliphatic rings. The SMILES string of the molecule is CCC(C)C#N.O=C(O)C(F)(F)F. The van der Waals surface area contributed by atoms with Crippen LogP contribution >= 0.6 is 0 Å². The maximum Gasteiger partial charge on any atom is 0.490 e. The van der Waals surface area contributed by atoms with Crippen molar-refractivity contribution in [3.63, 3.8) is 0 Å². The Balaban J connectivity index is 0. The van der Waals surface area contributed by atoms with E-state index in [1.807, 2.05) is 13.8 Å². The first-order valence-electron chi connectivity index (χ1n) is 3.45. The number of carboxylic acids is 1. The van der Waals surface area contributed by atoms with Crippen LogP contribution in [-0.4, -0.2) is 17.3 Å². The normalized spacial score (nSPS) is 12.0. The molecule has 0 aromatic heterocycles. The highest BCUT2D eigenvalue weighted by molar-refractivity contribution is 5.73. The molecule has 0 aromatic rings. The van der Waals surface area contributed by atoms with Crippen LogP contribution in [0.5, 0.6) is 0 Å². The highest BCUT2D eigenvalue weighted by atomic mass is 19.4. The van der Waals surface area contributed by atoms with Gasteiger partial charge < -0.3 is 5.11 Å². The van der Waals surface area contributed by atoms with Gasteiger partial charge in [0.15, 0.2) is 0 Å². The van der Waals surface area contributed by atoms with Crippen LogP contribution in [0.15, 0.2) is 0 Å². The quantitative estimate of drug-likeness (QED) is 0.700. The summed E-state index contributed by atoms with van der Waals surface area (Å²) in [5.74, 6) is -2.52. The molecule has 0 rings (SSSR count). The lowest BCUT2D eigenvalue weighted by Crippen LogP contribution is -2.21. The van der Waals surface area contributed by atoms with Crippen LogP contribution in [0.1, 0.15) is 20.3 Å². The van der Waals surface area contributed by atoms with Gasteiger partial charge in [-0.15, -0.1) is 0 Å². The van der Waals surface area contributed by atoms with E-state index in [1.165, 1.54) is 0 Å². The first kappa shape index (κ1) is 14.3. The summed E-state index contributed by atoms with van der Waals surface area (Å²) in [4.78, 5) is 8.90. The van der Waals surface area contributed by atoms with Crippen LogP contribution in [0.3, 0.4) is 0 Å². The lowest BCUT2D eigenvalue weighted by molar-refractivity contribution is -0.192. The Morgan fingerprint density at radius 1 is 1.62 bits per heavy atom. The fraction of sp³-hybridized carbons (Fsp3) is 0.714. The molecule has 1 unspecified atom stereocenters. The van der Waals surface area contributed by atoms with Crippen molar-refractivity contribution in [3.05, 3.63) is 0 Å². The lowest BCUT2D eigenvalue weighted by Gasteiger charge is -1.93. The summed E-state index contributed by atoms with van der Waals surface area (Å²) in [6.07, 6.45) is -4.11. The third-order valence-corrected chi connectivity index (χ3v) is 1.08. The summed E-state index contributed by atoms with van der Waals surface area (Å²) < 4.78 is 31.7. The Hall–Kier alpha value is -1.25. The molecule has 0 aliphatic carbocycles. The number of hydrogen-bond donors (Lipinski definition) is 1. The second-order valence-corrected chi connectivity index (χ2v) is 2.24. The standard InChI is InChI=1S/C5H9N.C2HF3O2/c1-3-5(2)4-6;3-2(4,5)1(6)7/h5H,3H2,1-2H3;(H,6,7). The van der Waals surface area contributed by atoms with Gasteiger partial charge in [-0.25, -0.2) is 4.79 Å². The maximum absolute atomic E-state index is 10.6. The zero-order chi connectivity index (χ0) is 11.1. The van der Waals surface area contributed by atoms with Gasteiger partial charge in [0.05, 0.1) is 6.07 Å². The lowest BCUT2D eigenvalue weighted by atomic mass is 10.2. The van der Waals surface area contributed by atoms with Crippen LogP contribution in [0.25, 0.3) is 0 Å². The number of nitriles is 1. The highest BCUT2D eigenvalue weighted by Crippen LogP contribution is 2.13. The Labute approximate surface area is 73.8 Å². The number of nitrogens with zero attached hydrogens (tertiary/aromatic N) is 1. The zero-order valence-electron chi connectivity index (χ0n) is 7.22. The van der Waals surface area contributed by atoms with E-state index in [2.05, 4.69) is 6.07 Å². The number of alkyl halides is 3. The van der Waals surface area contributed by atoms with Crippen LogP contribution in [0, 0.1) is 17.2 Å². The summed E-state index contributed by atoms with van der Waals surface area (Å²) >= 11 is 0. The van der Waals surface area contributed by atoms with E-state index in [9.17, 15) is 13.2 Å². The number of carboxylic acid groups (broad SMARTS) is 1. The Bertz CT molecular complexity index is 195. The third kappa shape index (κ3) is 10.8. The molecular weight excluding hydrogens is 187 g/mol. The fourth-order valence-electron chi connectivity index (χ4n) is 0.0913. The summed E-state index contributed by atoms with van der Waals surface area (Å²) in [5.41, 5.74) is 0. The Morgan fingerprint density at radius 2 is 1.92 bits per heavy atom. The molecule has 6 heteroatoms. The smallest absolute Gasteiger partial charge is 0.475 e. The molecule has 0 heterocycles. The van der Waals surface area contributed by atoms with E-state index in [4.69, 9.17) is 15.2 Å². The van der Waals surface area contributed by atoms with Crippen molar-refractivity contribution < 1.29 is 23.1 Å². The van der Waals surface area contributed by atoms with Gasteiger partial charge in [-0.05, 0) is 13.3 Å². The molecule has 76 valence electrons. The molecule has 0 aromatic carbocycles. The fourth-order valence-corrected chi connectivity index (χ4v) is 0.0913. The molecule has 0 saturated heterocycles. The van der Waals surface area contributed by atoms with Crippen molar-refractivity contribution in [2.24, 2.45) is 5.92 Å². The second-order valence-electron chi connectivity index (χ2n) is 2.24. The van der Waals surface area contributed by atoms with Gasteiger partial charge in [0.1, 0.15) is 0 Å². The Kier molecular flexibility index (Phi) is 6.91. The molecule has 0 radical (unpaired) electrons. The monoisotopic (exact) mass is 197 g/mol. The van der Waals surface area contributed by atoms with E-state index in [1.54, 1.807) is 0 Å². The number of aliphatic carboxylic acids is 1. The maximum atomic E-state index is 10.6. The van der Waals surface area contributed by atoms with E-state index in [0.29, 0.717) is 0 Å². The van der Waals surface area contributed by atoms with Gasteiger partial charge in [-0.3, -0.25) is 0 Å². The molecule has 0 aliphatic heterocycles. The number of halogens is 3. The van der Waals surface area contributed by atoms with Gasteiger partial charge in [-0.2, -0.15) is 18.4 Å². The topological polar surface area (TPSA) is 61.1 Å². The van der Waals surface area contributed by atoms with Crippen molar-refractivity contribution >= 4 is 5.97 Å². The average molecular weight is 197 g/mol. The van der Waals surface area contributed by atoms with Crippen molar-refractivity contribution in [3.8, 4) is 6.07 Å². The summed E-state index contributed by atoms with van der Waals surface area (Å²) in [6, 6.07) is 2.11. The minimum Gasteiger partial charge on any atom is -0.475 e. The summed E-state index contributed by atoms with van der Waals surface area (Å²) in [6.45, 7) is 3.92. The van der Waals surface area contributed by atoms with Gasteiger partial charge in [0, 0.05) is 5.92 Å². The molecule has 0 bridgehead atoms. The molecule has 0 saturated carbocycles. The van der Waals surface area contributed by atoms with Crippen LogP contribution in [0.4, 0.5) is 13.2 Å². The average Bonchev–Trinajstić information content (AvgIpc) is 2.02. The predicted octanol–water partition coefficient (Wildman–Crippen LogP) is 2.19. The third-order valence-electron chi connectivity index (χ3n) is 1.08.